The van der Waals surface area contributed by atoms with Gasteiger partial charge in [-0.25, -0.2) is 0 Å². The van der Waals surface area contributed by atoms with Gasteiger partial charge in [0.15, 0.2) is 0 Å². The maximum Gasteiger partial charge on any atom is 0.115 e. The minimum absolute atomic E-state index is 0.202. The highest BCUT2D eigenvalue weighted by Crippen LogP contribution is 2.27. The Hall–Kier alpha value is -1.96. The fourth-order valence-electron chi connectivity index (χ4n) is 1.75. The summed E-state index contributed by atoms with van der Waals surface area (Å²) in [6.45, 7) is 2.07. The molecule has 2 rings (SSSR count). The molecule has 0 spiro atoms. The number of hydrogen-bond donors (Lipinski definition) is 2. The van der Waals surface area contributed by atoms with Crippen molar-refractivity contribution in [3.05, 3.63) is 59.7 Å². The molecule has 2 heteroatoms. The second-order valence-corrected chi connectivity index (χ2v) is 3.91. The summed E-state index contributed by atoms with van der Waals surface area (Å²) in [5.41, 5.74) is 2.18. The molecule has 0 aliphatic heterocycles. The van der Waals surface area contributed by atoms with Gasteiger partial charge in [-0.2, -0.15) is 0 Å². The Morgan fingerprint density at radius 1 is 0.812 bits per heavy atom. The van der Waals surface area contributed by atoms with Crippen LogP contribution in [0.2, 0.25) is 0 Å². The fourth-order valence-corrected chi connectivity index (χ4v) is 1.75. The Bertz CT molecular complexity index is 474. The Morgan fingerprint density at radius 3 is 2.12 bits per heavy atom. The smallest absolute Gasteiger partial charge is 0.115 e. The molecule has 2 aromatic rings. The Balaban J connectivity index is 2.31. The van der Waals surface area contributed by atoms with Crippen LogP contribution >= 0.6 is 0 Å². The predicted octanol–water partition coefficient (Wildman–Crippen LogP) is 3.25. The number of rotatable bonds is 2. The molecule has 0 fully saturated rings. The number of benzene rings is 2. The molecular formula is C14H14O2. The Labute approximate surface area is 94.8 Å². The van der Waals surface area contributed by atoms with Crippen LogP contribution in [0.15, 0.2) is 48.5 Å². The molecule has 0 saturated heterocycles. The van der Waals surface area contributed by atoms with Crippen molar-refractivity contribution in [1.29, 1.82) is 0 Å². The van der Waals surface area contributed by atoms with Crippen molar-refractivity contribution in [2.45, 2.75) is 12.8 Å². The van der Waals surface area contributed by atoms with Crippen molar-refractivity contribution >= 4 is 0 Å². The molecule has 82 valence electrons. The zero-order valence-corrected chi connectivity index (χ0v) is 9.09. The molecule has 0 heterocycles. The van der Waals surface area contributed by atoms with E-state index < -0.39 is 0 Å². The fraction of sp³-hybridized carbons (Fsp3) is 0.143. The van der Waals surface area contributed by atoms with Crippen molar-refractivity contribution in [2.75, 3.05) is 0 Å². The van der Waals surface area contributed by atoms with Crippen molar-refractivity contribution < 1.29 is 10.2 Å². The van der Waals surface area contributed by atoms with E-state index in [0.29, 0.717) is 0 Å². The van der Waals surface area contributed by atoms with Gasteiger partial charge in [-0.3, -0.25) is 0 Å². The summed E-state index contributed by atoms with van der Waals surface area (Å²) in [5, 5.41) is 18.6. The van der Waals surface area contributed by atoms with Crippen LogP contribution in [0.5, 0.6) is 11.5 Å². The monoisotopic (exact) mass is 214 g/mol. The minimum atomic E-state index is 0.202. The van der Waals surface area contributed by atoms with E-state index >= 15 is 0 Å². The van der Waals surface area contributed by atoms with E-state index in [9.17, 15) is 10.2 Å². The third-order valence-corrected chi connectivity index (χ3v) is 2.76. The van der Waals surface area contributed by atoms with Crippen molar-refractivity contribution in [1.82, 2.24) is 0 Å². The lowest BCUT2D eigenvalue weighted by molar-refractivity contribution is 0.473. The normalized spacial score (nSPS) is 12.3. The molecule has 2 nitrogen and oxygen atoms in total. The highest BCUT2D eigenvalue weighted by atomic mass is 16.3. The number of hydrogen-bond acceptors (Lipinski definition) is 2. The first-order valence-corrected chi connectivity index (χ1v) is 5.24. The first-order chi connectivity index (χ1) is 7.66. The summed E-state index contributed by atoms with van der Waals surface area (Å²) in [5.74, 6) is 0.752. The summed E-state index contributed by atoms with van der Waals surface area (Å²) >= 11 is 0. The highest BCUT2D eigenvalue weighted by molar-refractivity contribution is 5.37. The lowest BCUT2D eigenvalue weighted by Gasteiger charge is -2.12. The predicted molar refractivity (Wildman–Crippen MR) is 63.7 cm³/mol. The third kappa shape index (κ3) is 2.16. The van der Waals surface area contributed by atoms with Gasteiger partial charge in [0.25, 0.3) is 0 Å². The average Bonchev–Trinajstić information content (AvgIpc) is 2.29. The minimum Gasteiger partial charge on any atom is -0.508 e. The summed E-state index contributed by atoms with van der Waals surface area (Å²) < 4.78 is 0. The standard InChI is InChI=1S/C14H14O2/c1-10(11-5-7-13(15)8-6-11)12-3-2-4-14(16)9-12/h2-10,15-16H,1H3. The average molecular weight is 214 g/mol. The SMILES string of the molecule is CC(c1ccc(O)cc1)c1cccc(O)c1. The summed E-state index contributed by atoms with van der Waals surface area (Å²) in [6.07, 6.45) is 0. The van der Waals surface area contributed by atoms with E-state index in [0.717, 1.165) is 11.1 Å². The second kappa shape index (κ2) is 4.27. The van der Waals surface area contributed by atoms with Gasteiger partial charge in [-0.15, -0.1) is 0 Å². The number of phenols is 2. The first kappa shape index (κ1) is 10.6. The van der Waals surface area contributed by atoms with Crippen LogP contribution in [-0.2, 0) is 0 Å². The van der Waals surface area contributed by atoms with Crippen LogP contribution in [0.1, 0.15) is 24.0 Å². The molecule has 2 aromatic carbocycles. The van der Waals surface area contributed by atoms with Crippen LogP contribution < -0.4 is 0 Å². The zero-order chi connectivity index (χ0) is 11.5. The molecule has 0 aliphatic carbocycles. The summed E-state index contributed by atoms with van der Waals surface area (Å²) in [7, 11) is 0. The van der Waals surface area contributed by atoms with Gasteiger partial charge in [0, 0.05) is 5.92 Å². The van der Waals surface area contributed by atoms with Gasteiger partial charge in [0.05, 0.1) is 0 Å². The van der Waals surface area contributed by atoms with E-state index in [2.05, 4.69) is 6.92 Å². The van der Waals surface area contributed by atoms with Gasteiger partial charge in [0.2, 0.25) is 0 Å². The lowest BCUT2D eigenvalue weighted by atomic mass is 9.93. The van der Waals surface area contributed by atoms with E-state index in [4.69, 9.17) is 0 Å². The van der Waals surface area contributed by atoms with Crippen LogP contribution in [0.25, 0.3) is 0 Å². The number of aromatic hydroxyl groups is 2. The topological polar surface area (TPSA) is 40.5 Å². The van der Waals surface area contributed by atoms with Gasteiger partial charge < -0.3 is 10.2 Å². The highest BCUT2D eigenvalue weighted by Gasteiger charge is 2.08. The quantitative estimate of drug-likeness (QED) is 0.805. The van der Waals surface area contributed by atoms with E-state index in [1.807, 2.05) is 24.3 Å². The van der Waals surface area contributed by atoms with Crippen LogP contribution in [-0.4, -0.2) is 10.2 Å². The first-order valence-electron chi connectivity index (χ1n) is 5.24. The summed E-state index contributed by atoms with van der Waals surface area (Å²) in [4.78, 5) is 0. The maximum absolute atomic E-state index is 9.41. The molecule has 2 N–H and O–H groups in total. The lowest BCUT2D eigenvalue weighted by Crippen LogP contribution is -1.95. The molecule has 1 atom stereocenters. The molecular weight excluding hydrogens is 200 g/mol. The molecule has 0 radical (unpaired) electrons. The molecule has 1 unspecified atom stereocenters. The molecule has 0 aromatic heterocycles. The second-order valence-electron chi connectivity index (χ2n) is 3.91. The zero-order valence-electron chi connectivity index (χ0n) is 9.09. The third-order valence-electron chi connectivity index (χ3n) is 2.76. The molecule has 16 heavy (non-hydrogen) atoms. The molecule has 0 saturated carbocycles. The summed E-state index contributed by atoms with van der Waals surface area (Å²) in [6, 6.07) is 14.4. The molecule has 0 bridgehead atoms. The largest absolute Gasteiger partial charge is 0.508 e. The van der Waals surface area contributed by atoms with Gasteiger partial charge in [-0.05, 0) is 35.4 Å². The van der Waals surface area contributed by atoms with Crippen LogP contribution in [0.4, 0.5) is 0 Å². The van der Waals surface area contributed by atoms with E-state index in [1.54, 1.807) is 24.3 Å². The molecule has 0 aliphatic rings. The van der Waals surface area contributed by atoms with Crippen LogP contribution in [0, 0.1) is 0 Å². The van der Waals surface area contributed by atoms with Gasteiger partial charge in [-0.1, -0.05) is 31.2 Å². The van der Waals surface area contributed by atoms with Gasteiger partial charge in [0.1, 0.15) is 11.5 Å². The van der Waals surface area contributed by atoms with Crippen LogP contribution in [0.3, 0.4) is 0 Å². The van der Waals surface area contributed by atoms with Crippen molar-refractivity contribution in [3.63, 3.8) is 0 Å². The molecule has 0 amide bonds. The maximum atomic E-state index is 9.41. The Morgan fingerprint density at radius 2 is 1.50 bits per heavy atom. The van der Waals surface area contributed by atoms with E-state index in [-0.39, 0.29) is 17.4 Å². The van der Waals surface area contributed by atoms with Crippen molar-refractivity contribution in [2.24, 2.45) is 0 Å². The van der Waals surface area contributed by atoms with E-state index in [1.165, 1.54) is 0 Å². The van der Waals surface area contributed by atoms with Gasteiger partial charge >= 0.3 is 0 Å². The number of phenolic OH excluding ortho intramolecular Hbond substituents is 2. The Kier molecular flexibility index (Phi) is 2.82. The van der Waals surface area contributed by atoms with Crippen molar-refractivity contribution in [3.8, 4) is 11.5 Å².